The molecule has 0 atom stereocenters. The lowest BCUT2D eigenvalue weighted by atomic mass is 9.53. The molecule has 4 aliphatic rings. The van der Waals surface area contributed by atoms with Gasteiger partial charge in [-0.15, -0.1) is 0 Å². The van der Waals surface area contributed by atoms with Gasteiger partial charge in [0.1, 0.15) is 5.69 Å². The maximum Gasteiger partial charge on any atom is 0.450 e. The topological polar surface area (TPSA) is 46.9 Å². The number of imidazole rings is 1. The van der Waals surface area contributed by atoms with Crippen molar-refractivity contribution in [2.24, 2.45) is 17.8 Å². The van der Waals surface area contributed by atoms with Crippen molar-refractivity contribution in [2.45, 2.75) is 57.2 Å². The van der Waals surface area contributed by atoms with Gasteiger partial charge < -0.3 is 5.32 Å². The van der Waals surface area contributed by atoms with Gasteiger partial charge in [0.2, 0.25) is 5.82 Å². The number of halogens is 3. The molecule has 0 spiro atoms. The maximum absolute atomic E-state index is 13.7. The van der Waals surface area contributed by atoms with Gasteiger partial charge in [-0.2, -0.15) is 13.2 Å². The van der Waals surface area contributed by atoms with E-state index in [1.54, 1.807) is 30.3 Å². The molecule has 1 N–H and O–H groups in total. The van der Waals surface area contributed by atoms with E-state index in [4.69, 9.17) is 0 Å². The molecule has 6 rings (SSSR count). The van der Waals surface area contributed by atoms with E-state index in [1.807, 2.05) is 0 Å². The number of amides is 1. The number of nitrogens with one attached hydrogen (secondary N) is 1. The van der Waals surface area contributed by atoms with Crippen molar-refractivity contribution in [3.05, 3.63) is 47.5 Å². The second-order valence-electron chi connectivity index (χ2n) is 9.19. The lowest BCUT2D eigenvalue weighted by Crippen LogP contribution is -2.59. The van der Waals surface area contributed by atoms with E-state index in [0.29, 0.717) is 23.4 Å². The van der Waals surface area contributed by atoms with Gasteiger partial charge in [0.15, 0.2) is 0 Å². The van der Waals surface area contributed by atoms with Crippen molar-refractivity contribution < 1.29 is 18.0 Å². The van der Waals surface area contributed by atoms with Gasteiger partial charge in [-0.25, -0.2) is 4.98 Å². The minimum atomic E-state index is -4.65. The molecule has 4 aliphatic carbocycles. The predicted octanol–water partition coefficient (Wildman–Crippen LogP) is 4.90. The highest BCUT2D eigenvalue weighted by molar-refractivity contribution is 5.94. The number of hydrogen-bond donors (Lipinski definition) is 1. The number of nitrogens with zero attached hydrogens (tertiary/aromatic N) is 2. The van der Waals surface area contributed by atoms with Gasteiger partial charge in [0, 0.05) is 11.2 Å². The first kappa shape index (κ1) is 18.7. The molecular formula is C22H24F3N3O. The lowest BCUT2D eigenvalue weighted by molar-refractivity contribution is -0.146. The number of hydrogen-bond acceptors (Lipinski definition) is 2. The molecule has 1 heterocycles. The van der Waals surface area contributed by atoms with Crippen molar-refractivity contribution in [3.8, 4) is 5.69 Å². The Hall–Kier alpha value is -2.31. The third kappa shape index (κ3) is 3.15. The first-order chi connectivity index (χ1) is 13.7. The van der Waals surface area contributed by atoms with Gasteiger partial charge in [0.25, 0.3) is 5.91 Å². The second-order valence-corrected chi connectivity index (χ2v) is 9.19. The van der Waals surface area contributed by atoms with Crippen molar-refractivity contribution in [3.63, 3.8) is 0 Å². The molecule has 0 aliphatic heterocycles. The zero-order valence-electron chi connectivity index (χ0n) is 16.3. The van der Waals surface area contributed by atoms with Crippen LogP contribution in [0.15, 0.2) is 30.3 Å². The Morgan fingerprint density at radius 1 is 1.07 bits per heavy atom. The van der Waals surface area contributed by atoms with Gasteiger partial charge in [-0.05, 0) is 75.3 Å². The molecule has 4 fully saturated rings. The Balaban J connectivity index is 1.50. The molecule has 4 nitrogen and oxygen atoms in total. The average Bonchev–Trinajstić information content (AvgIpc) is 2.98. The minimum absolute atomic E-state index is 0.128. The highest BCUT2D eigenvalue weighted by Gasteiger charge is 2.52. The van der Waals surface area contributed by atoms with Crippen LogP contribution in [0.1, 0.15) is 60.5 Å². The number of para-hydroxylation sites is 1. The van der Waals surface area contributed by atoms with Crippen LogP contribution in [0.3, 0.4) is 0 Å². The summed E-state index contributed by atoms with van der Waals surface area (Å²) in [6.07, 6.45) is 1.86. The molecule has 4 saturated carbocycles. The van der Waals surface area contributed by atoms with Gasteiger partial charge in [0.05, 0.1) is 5.69 Å². The van der Waals surface area contributed by atoms with E-state index in [-0.39, 0.29) is 16.9 Å². The molecule has 0 saturated heterocycles. The fraction of sp³-hybridized carbons (Fsp3) is 0.545. The van der Waals surface area contributed by atoms with Crippen LogP contribution < -0.4 is 5.32 Å². The molecular weight excluding hydrogens is 379 g/mol. The molecule has 1 amide bonds. The van der Waals surface area contributed by atoms with Crippen LogP contribution in [0.2, 0.25) is 0 Å². The fourth-order valence-corrected chi connectivity index (χ4v) is 6.36. The van der Waals surface area contributed by atoms with E-state index in [0.717, 1.165) is 23.8 Å². The highest BCUT2D eigenvalue weighted by atomic mass is 19.4. The summed E-state index contributed by atoms with van der Waals surface area (Å²) in [5, 5.41) is 3.14. The summed E-state index contributed by atoms with van der Waals surface area (Å²) in [5.74, 6) is 0.363. The summed E-state index contributed by atoms with van der Waals surface area (Å²) in [4.78, 5) is 16.9. The first-order valence-corrected chi connectivity index (χ1v) is 10.3. The Labute approximate surface area is 167 Å². The summed E-state index contributed by atoms with van der Waals surface area (Å²) in [6, 6.07) is 8.26. The lowest BCUT2D eigenvalue weighted by Gasteiger charge is -2.56. The predicted molar refractivity (Wildman–Crippen MR) is 102 cm³/mol. The van der Waals surface area contributed by atoms with Crippen LogP contribution in [0.25, 0.3) is 5.69 Å². The van der Waals surface area contributed by atoms with Crippen molar-refractivity contribution in [2.75, 3.05) is 0 Å². The minimum Gasteiger partial charge on any atom is -0.345 e. The molecule has 4 bridgehead atoms. The fourth-order valence-electron chi connectivity index (χ4n) is 6.36. The summed E-state index contributed by atoms with van der Waals surface area (Å²) in [6.45, 7) is 1.53. The van der Waals surface area contributed by atoms with E-state index in [2.05, 4.69) is 10.3 Å². The van der Waals surface area contributed by atoms with Gasteiger partial charge in [-0.1, -0.05) is 18.2 Å². The Morgan fingerprint density at radius 2 is 1.62 bits per heavy atom. The van der Waals surface area contributed by atoms with Gasteiger partial charge in [-0.3, -0.25) is 9.36 Å². The van der Waals surface area contributed by atoms with E-state index < -0.39 is 17.9 Å². The summed E-state index contributed by atoms with van der Waals surface area (Å²) in [5.41, 5.74) is 0.161. The number of carbonyl (C=O) groups is 1. The van der Waals surface area contributed by atoms with Crippen molar-refractivity contribution in [1.29, 1.82) is 0 Å². The zero-order valence-corrected chi connectivity index (χ0v) is 16.3. The van der Waals surface area contributed by atoms with Crippen LogP contribution in [0, 0.1) is 24.7 Å². The third-order valence-electron chi connectivity index (χ3n) is 7.01. The first-order valence-electron chi connectivity index (χ1n) is 10.3. The average molecular weight is 403 g/mol. The van der Waals surface area contributed by atoms with Crippen LogP contribution in [-0.4, -0.2) is 21.0 Å². The number of aromatic nitrogens is 2. The van der Waals surface area contributed by atoms with Crippen LogP contribution in [0.5, 0.6) is 0 Å². The third-order valence-corrected chi connectivity index (χ3v) is 7.01. The standard InChI is InChI=1S/C22H24F3N3O/c1-13-18(26-20(22(23,24)25)28(13)17-5-3-2-4-6-17)19(29)27-21-10-14-7-15(11-21)9-16(8-14)12-21/h2-6,14-16H,7-12H2,1H3,(H,27,29). The number of carbonyl (C=O) groups excluding carboxylic acids is 1. The molecule has 29 heavy (non-hydrogen) atoms. The van der Waals surface area contributed by atoms with Gasteiger partial charge >= 0.3 is 6.18 Å². The Morgan fingerprint density at radius 3 is 2.14 bits per heavy atom. The van der Waals surface area contributed by atoms with E-state index in [9.17, 15) is 18.0 Å². The zero-order chi connectivity index (χ0) is 20.4. The van der Waals surface area contributed by atoms with Crippen LogP contribution in [0.4, 0.5) is 13.2 Å². The smallest absolute Gasteiger partial charge is 0.345 e. The molecule has 1 aromatic carbocycles. The number of benzene rings is 1. The summed E-state index contributed by atoms with van der Waals surface area (Å²) >= 11 is 0. The molecule has 0 unspecified atom stereocenters. The normalized spacial score (nSPS) is 30.6. The summed E-state index contributed by atoms with van der Waals surface area (Å²) < 4.78 is 42.1. The van der Waals surface area contributed by atoms with Crippen molar-refractivity contribution in [1.82, 2.24) is 14.9 Å². The van der Waals surface area contributed by atoms with Crippen LogP contribution in [-0.2, 0) is 6.18 Å². The summed E-state index contributed by atoms with van der Waals surface area (Å²) in [7, 11) is 0. The largest absolute Gasteiger partial charge is 0.450 e. The maximum atomic E-state index is 13.7. The number of alkyl halides is 3. The molecule has 1 aromatic heterocycles. The van der Waals surface area contributed by atoms with Crippen LogP contribution >= 0.6 is 0 Å². The van der Waals surface area contributed by atoms with Crippen molar-refractivity contribution >= 4 is 5.91 Å². The molecule has 0 radical (unpaired) electrons. The van der Waals surface area contributed by atoms with E-state index >= 15 is 0 Å². The Kier molecular flexibility index (Phi) is 4.09. The van der Waals surface area contributed by atoms with E-state index in [1.165, 1.54) is 26.2 Å². The molecule has 2 aromatic rings. The monoisotopic (exact) mass is 403 g/mol. The highest BCUT2D eigenvalue weighted by Crippen LogP contribution is 2.55. The second kappa shape index (κ2) is 6.34. The Bertz CT molecular complexity index is 913. The number of rotatable bonds is 3. The quantitative estimate of drug-likeness (QED) is 0.793. The molecule has 154 valence electrons. The molecule has 7 heteroatoms. The SMILES string of the molecule is Cc1c(C(=O)NC23CC4CC(CC(C4)C2)C3)nc(C(F)(F)F)n1-c1ccccc1.